The van der Waals surface area contributed by atoms with Crippen LogP contribution in [-0.4, -0.2) is 16.9 Å². The summed E-state index contributed by atoms with van der Waals surface area (Å²) in [4.78, 5) is 2.72. The van der Waals surface area contributed by atoms with Gasteiger partial charge in [-0.2, -0.15) is 0 Å². The smallest absolute Gasteiger partial charge is 0.0842 e. The summed E-state index contributed by atoms with van der Waals surface area (Å²) in [6.07, 6.45) is 5.58. The molecule has 0 aromatic rings. The molecular weight excluding hydrogens is 178 g/mol. The molecule has 0 amide bonds. The highest BCUT2D eigenvalue weighted by Crippen LogP contribution is 2.21. The van der Waals surface area contributed by atoms with Gasteiger partial charge >= 0.3 is 0 Å². The van der Waals surface area contributed by atoms with Gasteiger partial charge in [0.05, 0.1) is 4.95 Å². The molecule has 0 spiro atoms. The molecule has 2 unspecified atom stereocenters. The third kappa shape index (κ3) is 1.71. The minimum atomic E-state index is 0.539. The Morgan fingerprint density at radius 2 is 2.33 bits per heavy atom. The minimum Gasteiger partial charge on any atom is -0.368 e. The lowest BCUT2D eigenvalue weighted by atomic mass is 10.1. The van der Waals surface area contributed by atoms with Crippen molar-refractivity contribution < 1.29 is 0 Å². The molecule has 0 aromatic carbocycles. The van der Waals surface area contributed by atoms with E-state index in [2.05, 4.69) is 47.1 Å². The van der Waals surface area contributed by atoms with Gasteiger partial charge in [0.2, 0.25) is 0 Å². The second-order valence-electron chi connectivity index (χ2n) is 2.65. The summed E-state index contributed by atoms with van der Waals surface area (Å²) in [7, 11) is 2.09. The Balaban J connectivity index is 2.54. The van der Waals surface area contributed by atoms with Crippen LogP contribution in [0.3, 0.4) is 0 Å². The predicted octanol–water partition coefficient (Wildman–Crippen LogP) is 2.19. The fraction of sp³-hybridized carbons (Fsp3) is 0.714. The minimum absolute atomic E-state index is 0.539. The van der Waals surface area contributed by atoms with Gasteiger partial charge in [0.25, 0.3) is 0 Å². The number of hydrogen-bond donors (Lipinski definition) is 0. The third-order valence-corrected chi connectivity index (χ3v) is 2.68. The fourth-order valence-corrected chi connectivity index (χ4v) is 1.65. The fourth-order valence-electron chi connectivity index (χ4n) is 0.928. The molecule has 0 bridgehead atoms. The molecule has 0 aromatic heterocycles. The van der Waals surface area contributed by atoms with E-state index < -0.39 is 0 Å². The number of hydrogen-bond acceptors (Lipinski definition) is 1. The molecule has 0 radical (unpaired) electrons. The molecule has 9 heavy (non-hydrogen) atoms. The van der Waals surface area contributed by atoms with Crippen molar-refractivity contribution in [1.29, 1.82) is 0 Å². The van der Waals surface area contributed by atoms with Crippen LogP contribution in [0, 0.1) is 5.92 Å². The highest BCUT2D eigenvalue weighted by atomic mass is 79.9. The van der Waals surface area contributed by atoms with E-state index in [0.29, 0.717) is 4.95 Å². The summed E-state index contributed by atoms with van der Waals surface area (Å²) in [6.45, 7) is 2.23. The first-order chi connectivity index (χ1) is 4.20. The van der Waals surface area contributed by atoms with Crippen molar-refractivity contribution in [2.75, 3.05) is 7.05 Å². The van der Waals surface area contributed by atoms with Crippen LogP contribution in [0.5, 0.6) is 0 Å². The van der Waals surface area contributed by atoms with Crippen molar-refractivity contribution in [3.05, 3.63) is 12.3 Å². The van der Waals surface area contributed by atoms with Crippen LogP contribution in [0.25, 0.3) is 0 Å². The maximum atomic E-state index is 3.57. The van der Waals surface area contributed by atoms with E-state index in [9.17, 15) is 0 Å². The summed E-state index contributed by atoms with van der Waals surface area (Å²) < 4.78 is 0. The maximum Gasteiger partial charge on any atom is 0.0842 e. The lowest BCUT2D eigenvalue weighted by Crippen LogP contribution is -2.26. The highest BCUT2D eigenvalue weighted by molar-refractivity contribution is 9.09. The summed E-state index contributed by atoms with van der Waals surface area (Å²) in [5.74, 6) is 0.727. The lowest BCUT2D eigenvalue weighted by molar-refractivity contribution is 0.362. The average molecular weight is 190 g/mol. The maximum absolute atomic E-state index is 3.57. The Labute approximate surface area is 64.9 Å². The first kappa shape index (κ1) is 7.13. The van der Waals surface area contributed by atoms with Gasteiger partial charge in [-0.1, -0.05) is 28.9 Å². The van der Waals surface area contributed by atoms with E-state index in [1.54, 1.807) is 0 Å². The number of rotatable bonds is 0. The molecule has 0 aliphatic carbocycles. The van der Waals surface area contributed by atoms with Crippen molar-refractivity contribution in [2.24, 2.45) is 5.92 Å². The quantitative estimate of drug-likeness (QED) is 0.418. The van der Waals surface area contributed by atoms with E-state index in [4.69, 9.17) is 0 Å². The van der Waals surface area contributed by atoms with Gasteiger partial charge in [0.1, 0.15) is 0 Å². The van der Waals surface area contributed by atoms with Gasteiger partial charge in [-0.25, -0.2) is 0 Å². The second-order valence-corrected chi connectivity index (χ2v) is 3.71. The van der Waals surface area contributed by atoms with Gasteiger partial charge in [0, 0.05) is 7.05 Å². The second kappa shape index (κ2) is 2.74. The van der Waals surface area contributed by atoms with E-state index in [1.807, 2.05) is 0 Å². The molecular formula is C7H12BrN. The van der Waals surface area contributed by atoms with Crippen LogP contribution in [0.1, 0.15) is 13.3 Å². The largest absolute Gasteiger partial charge is 0.368 e. The number of nitrogens with zero attached hydrogens (tertiary/aromatic N) is 1. The van der Waals surface area contributed by atoms with Crippen molar-refractivity contribution in [2.45, 2.75) is 18.3 Å². The van der Waals surface area contributed by atoms with Gasteiger partial charge in [-0.15, -0.1) is 0 Å². The van der Waals surface area contributed by atoms with Crippen LogP contribution in [0.4, 0.5) is 0 Å². The normalized spacial score (nSPS) is 35.2. The van der Waals surface area contributed by atoms with Crippen LogP contribution in [-0.2, 0) is 0 Å². The van der Waals surface area contributed by atoms with Crippen LogP contribution < -0.4 is 0 Å². The lowest BCUT2D eigenvalue weighted by Gasteiger charge is -2.27. The van der Waals surface area contributed by atoms with Gasteiger partial charge in [0.15, 0.2) is 0 Å². The summed E-state index contributed by atoms with van der Waals surface area (Å²) >= 11 is 3.57. The Morgan fingerprint density at radius 1 is 1.67 bits per heavy atom. The summed E-state index contributed by atoms with van der Waals surface area (Å²) in [6, 6.07) is 0. The molecule has 0 N–H and O–H groups in total. The topological polar surface area (TPSA) is 3.24 Å². The van der Waals surface area contributed by atoms with Gasteiger partial charge < -0.3 is 4.90 Å². The Kier molecular flexibility index (Phi) is 2.17. The molecule has 1 aliphatic rings. The van der Waals surface area contributed by atoms with Gasteiger partial charge in [-0.05, 0) is 18.5 Å². The van der Waals surface area contributed by atoms with Crippen LogP contribution in [0.15, 0.2) is 12.3 Å². The van der Waals surface area contributed by atoms with Gasteiger partial charge in [-0.3, -0.25) is 0 Å². The van der Waals surface area contributed by atoms with E-state index in [0.717, 1.165) is 5.92 Å². The Morgan fingerprint density at radius 3 is 2.78 bits per heavy atom. The highest BCUT2D eigenvalue weighted by Gasteiger charge is 2.14. The van der Waals surface area contributed by atoms with Crippen LogP contribution in [0.2, 0.25) is 0 Å². The van der Waals surface area contributed by atoms with E-state index >= 15 is 0 Å². The van der Waals surface area contributed by atoms with E-state index in [1.165, 1.54) is 6.42 Å². The molecule has 52 valence electrons. The Bertz CT molecular complexity index is 122. The van der Waals surface area contributed by atoms with Crippen molar-refractivity contribution in [3.8, 4) is 0 Å². The van der Waals surface area contributed by atoms with Crippen molar-refractivity contribution in [1.82, 2.24) is 4.90 Å². The predicted molar refractivity (Wildman–Crippen MR) is 43.4 cm³/mol. The molecule has 0 saturated carbocycles. The zero-order valence-corrected chi connectivity index (χ0v) is 7.43. The molecule has 1 aliphatic heterocycles. The number of alkyl halides is 1. The summed E-state index contributed by atoms with van der Waals surface area (Å²) in [5.41, 5.74) is 0. The summed E-state index contributed by atoms with van der Waals surface area (Å²) in [5, 5.41) is 0. The average Bonchev–Trinajstić information content (AvgIpc) is 1.80. The molecule has 2 atom stereocenters. The van der Waals surface area contributed by atoms with Crippen LogP contribution >= 0.6 is 15.9 Å². The zero-order chi connectivity index (χ0) is 6.85. The SMILES string of the molecule is CC1C=CN(C)C(Br)C1. The first-order valence-corrected chi connectivity index (χ1v) is 4.16. The molecule has 0 fully saturated rings. The monoisotopic (exact) mass is 189 g/mol. The number of allylic oxidation sites excluding steroid dienone is 1. The molecule has 0 saturated heterocycles. The standard InChI is InChI=1S/C7H12BrN/c1-6-3-4-9(2)7(8)5-6/h3-4,6-7H,5H2,1-2H3. The van der Waals surface area contributed by atoms with Crippen molar-refractivity contribution >= 4 is 15.9 Å². The Hall–Kier alpha value is 0.0200. The van der Waals surface area contributed by atoms with E-state index in [-0.39, 0.29) is 0 Å². The third-order valence-electron chi connectivity index (χ3n) is 1.66. The zero-order valence-electron chi connectivity index (χ0n) is 5.84. The number of halogens is 1. The first-order valence-electron chi connectivity index (χ1n) is 3.24. The molecule has 1 heterocycles. The molecule has 2 heteroatoms. The molecule has 1 rings (SSSR count). The molecule has 1 nitrogen and oxygen atoms in total. The van der Waals surface area contributed by atoms with Crippen molar-refractivity contribution in [3.63, 3.8) is 0 Å².